The highest BCUT2D eigenvalue weighted by atomic mass is 35.5. The van der Waals surface area contributed by atoms with Gasteiger partial charge in [-0.1, -0.05) is 62.4 Å². The van der Waals surface area contributed by atoms with Gasteiger partial charge in [-0.3, -0.25) is 4.99 Å². The van der Waals surface area contributed by atoms with Crippen molar-refractivity contribution in [1.29, 1.82) is 0 Å². The predicted molar refractivity (Wildman–Crippen MR) is 117 cm³/mol. The van der Waals surface area contributed by atoms with Crippen molar-refractivity contribution in [3.8, 4) is 0 Å². The first kappa shape index (κ1) is 20.1. The Bertz CT molecular complexity index is 820. The van der Waals surface area contributed by atoms with Crippen LogP contribution in [0.2, 0.25) is 10.0 Å². The number of hydrogen-bond acceptors (Lipinski definition) is 2. The Morgan fingerprint density at radius 2 is 1.74 bits per heavy atom. The minimum absolute atomic E-state index is 0.0805. The summed E-state index contributed by atoms with van der Waals surface area (Å²) >= 11 is 12.1. The molecule has 1 aliphatic heterocycles. The number of nitrogens with zero attached hydrogens (tertiary/aromatic N) is 2. The number of anilines is 2. The molecule has 1 fully saturated rings. The molecule has 4 nitrogen and oxygen atoms in total. The maximum absolute atomic E-state index is 6.14. The van der Waals surface area contributed by atoms with Crippen molar-refractivity contribution in [2.45, 2.75) is 58.0 Å². The van der Waals surface area contributed by atoms with Gasteiger partial charge in [0.2, 0.25) is 0 Å². The molecule has 1 aliphatic carbocycles. The first-order valence-electron chi connectivity index (χ1n) is 9.76. The molecule has 2 aromatic rings. The Balaban J connectivity index is 0.00000102. The molecule has 0 amide bonds. The van der Waals surface area contributed by atoms with Crippen LogP contribution in [0.1, 0.15) is 51.5 Å². The van der Waals surface area contributed by atoms with E-state index in [9.17, 15) is 0 Å². The summed E-state index contributed by atoms with van der Waals surface area (Å²) < 4.78 is 2.07. The molecule has 2 aliphatic rings. The van der Waals surface area contributed by atoms with E-state index in [0.29, 0.717) is 16.6 Å². The van der Waals surface area contributed by atoms with Gasteiger partial charge < -0.3 is 15.2 Å². The lowest BCUT2D eigenvalue weighted by molar-refractivity contribution is 0.403. The Morgan fingerprint density at radius 1 is 1.04 bits per heavy atom. The Morgan fingerprint density at radius 3 is 2.44 bits per heavy atom. The van der Waals surface area contributed by atoms with E-state index in [1.54, 1.807) is 0 Å². The average molecular weight is 407 g/mol. The quantitative estimate of drug-likeness (QED) is 0.597. The van der Waals surface area contributed by atoms with Crippen LogP contribution in [0.5, 0.6) is 0 Å². The number of benzene rings is 1. The van der Waals surface area contributed by atoms with Crippen LogP contribution in [-0.2, 0) is 13.6 Å². The van der Waals surface area contributed by atoms with Gasteiger partial charge in [-0.2, -0.15) is 0 Å². The van der Waals surface area contributed by atoms with Gasteiger partial charge in [0.05, 0.1) is 33.5 Å². The van der Waals surface area contributed by atoms with Crippen LogP contribution in [0.4, 0.5) is 11.4 Å². The minimum Gasteiger partial charge on any atom is -0.370 e. The molecule has 4 rings (SSSR count). The summed E-state index contributed by atoms with van der Waals surface area (Å²) in [5.41, 5.74) is 3.24. The smallest absolute Gasteiger partial charge is 0.127 e. The van der Waals surface area contributed by atoms with Crippen LogP contribution in [0.3, 0.4) is 0 Å². The molecule has 27 heavy (non-hydrogen) atoms. The van der Waals surface area contributed by atoms with Gasteiger partial charge in [0.25, 0.3) is 0 Å². The summed E-state index contributed by atoms with van der Waals surface area (Å²) in [6.07, 6.45) is 10.2. The first-order valence-corrected chi connectivity index (χ1v) is 10.5. The average Bonchev–Trinajstić information content (AvgIpc) is 3.03. The number of aliphatic imine (C=N–C) groups is 1. The fourth-order valence-electron chi connectivity index (χ4n) is 3.86. The van der Waals surface area contributed by atoms with Gasteiger partial charge in [0, 0.05) is 19.4 Å². The fraction of sp³-hybridized carbons (Fsp3) is 0.476. The summed E-state index contributed by atoms with van der Waals surface area (Å²) in [5, 5.41) is 8.51. The van der Waals surface area contributed by atoms with E-state index in [0.717, 1.165) is 35.6 Å². The molecule has 0 saturated heterocycles. The van der Waals surface area contributed by atoms with Crippen LogP contribution in [0.15, 0.2) is 35.6 Å². The highest BCUT2D eigenvalue weighted by Gasteiger charge is 2.41. The van der Waals surface area contributed by atoms with Gasteiger partial charge in [-0.05, 0) is 30.5 Å². The highest BCUT2D eigenvalue weighted by Crippen LogP contribution is 2.40. The molecule has 1 aromatic carbocycles. The van der Waals surface area contributed by atoms with Gasteiger partial charge in [-0.25, -0.2) is 0 Å². The molecule has 0 unspecified atom stereocenters. The van der Waals surface area contributed by atoms with Crippen molar-refractivity contribution in [1.82, 2.24) is 4.57 Å². The molecule has 0 bridgehead atoms. The van der Waals surface area contributed by atoms with Crippen LogP contribution in [-0.4, -0.2) is 15.9 Å². The third-order valence-electron chi connectivity index (χ3n) is 5.15. The van der Waals surface area contributed by atoms with Crippen LogP contribution in [0.25, 0.3) is 0 Å². The van der Waals surface area contributed by atoms with E-state index in [1.165, 1.54) is 19.3 Å². The Kier molecular flexibility index (Phi) is 6.38. The number of aryl methyl sites for hydroxylation is 1. The number of hydrogen-bond donors (Lipinski definition) is 2. The molecule has 2 heterocycles. The molecule has 0 radical (unpaired) electrons. The van der Waals surface area contributed by atoms with Crippen molar-refractivity contribution in [3.05, 3.63) is 46.2 Å². The second-order valence-corrected chi connectivity index (χ2v) is 7.87. The number of nitrogens with one attached hydrogen (secondary N) is 2. The van der Waals surface area contributed by atoms with Gasteiger partial charge >= 0.3 is 0 Å². The standard InChI is InChI=1S/C19H22Cl2N4.C2H6/c1-25-11-16-17(12-25)24-19(7-3-2-4-8-19)18(23-16)22-10-13-5-6-14(20)15(21)9-13;1-2/h5-6,9,11-12,24H,2-4,7-8,10H2,1H3,(H,22,23);1-2H3. The SMILES string of the molecule is CC.Cn1cc2c(c1)NC1(CCCCC1)C(=NCc1ccc(Cl)c(Cl)c1)N2. The summed E-state index contributed by atoms with van der Waals surface area (Å²) in [7, 11) is 2.04. The number of amidine groups is 1. The normalized spacial score (nSPS) is 18.9. The highest BCUT2D eigenvalue weighted by molar-refractivity contribution is 6.42. The van der Waals surface area contributed by atoms with Crippen LogP contribution in [0, 0.1) is 0 Å². The van der Waals surface area contributed by atoms with Crippen LogP contribution < -0.4 is 10.6 Å². The number of aromatic nitrogens is 1. The maximum atomic E-state index is 6.14. The van der Waals surface area contributed by atoms with E-state index in [-0.39, 0.29) is 5.54 Å². The monoisotopic (exact) mass is 406 g/mol. The first-order chi connectivity index (χ1) is 13.1. The molecule has 1 aromatic heterocycles. The molecule has 146 valence electrons. The van der Waals surface area contributed by atoms with E-state index < -0.39 is 0 Å². The predicted octanol–water partition coefficient (Wildman–Crippen LogP) is 6.50. The number of rotatable bonds is 2. The third-order valence-corrected chi connectivity index (χ3v) is 5.89. The Hall–Kier alpha value is -1.65. The number of fused-ring (bicyclic) bond motifs is 1. The van der Waals surface area contributed by atoms with Crippen LogP contribution >= 0.6 is 23.2 Å². The van der Waals surface area contributed by atoms with E-state index in [4.69, 9.17) is 28.2 Å². The molecule has 6 heteroatoms. The molecular weight excluding hydrogens is 379 g/mol. The zero-order valence-corrected chi connectivity index (χ0v) is 17.8. The molecule has 0 atom stereocenters. The van der Waals surface area contributed by atoms with Gasteiger partial charge in [0.1, 0.15) is 5.84 Å². The van der Waals surface area contributed by atoms with Crippen molar-refractivity contribution >= 4 is 40.4 Å². The van der Waals surface area contributed by atoms with E-state index >= 15 is 0 Å². The maximum Gasteiger partial charge on any atom is 0.127 e. The summed E-state index contributed by atoms with van der Waals surface area (Å²) in [4.78, 5) is 4.94. The summed E-state index contributed by atoms with van der Waals surface area (Å²) in [6, 6.07) is 5.71. The third kappa shape index (κ3) is 4.27. The minimum atomic E-state index is -0.0805. The second kappa shape index (κ2) is 8.57. The van der Waals surface area contributed by atoms with Crippen molar-refractivity contribution in [2.24, 2.45) is 12.0 Å². The fourth-order valence-corrected chi connectivity index (χ4v) is 4.18. The topological polar surface area (TPSA) is 41.4 Å². The zero-order chi connectivity index (χ0) is 19.4. The lowest BCUT2D eigenvalue weighted by Gasteiger charge is -2.43. The van der Waals surface area contributed by atoms with Gasteiger partial charge in [-0.15, -0.1) is 0 Å². The molecule has 2 N–H and O–H groups in total. The lowest BCUT2D eigenvalue weighted by atomic mass is 9.79. The number of halogens is 2. The molecule has 1 spiro atoms. The van der Waals surface area contributed by atoms with E-state index in [2.05, 4.69) is 27.6 Å². The zero-order valence-electron chi connectivity index (χ0n) is 16.3. The van der Waals surface area contributed by atoms with Crippen molar-refractivity contribution in [3.63, 3.8) is 0 Å². The second-order valence-electron chi connectivity index (χ2n) is 7.06. The van der Waals surface area contributed by atoms with Crippen molar-refractivity contribution in [2.75, 3.05) is 10.6 Å². The molecule has 1 saturated carbocycles. The lowest BCUT2D eigenvalue weighted by Crippen LogP contribution is -2.53. The summed E-state index contributed by atoms with van der Waals surface area (Å²) in [6.45, 7) is 4.59. The Labute approximate surface area is 172 Å². The summed E-state index contributed by atoms with van der Waals surface area (Å²) in [5.74, 6) is 1.04. The molecular formula is C21H28Cl2N4. The van der Waals surface area contributed by atoms with Gasteiger partial charge in [0.15, 0.2) is 0 Å². The van der Waals surface area contributed by atoms with Crippen molar-refractivity contribution < 1.29 is 0 Å². The largest absolute Gasteiger partial charge is 0.370 e. The van der Waals surface area contributed by atoms with E-state index in [1.807, 2.05) is 39.1 Å².